The number of hydrogen-bond donors (Lipinski definition) is 2. The molecule has 0 fully saturated rings. The molecule has 2 aromatic heterocycles. The van der Waals surface area contributed by atoms with E-state index in [1.54, 1.807) is 0 Å². The number of aromatic nitrogens is 4. The van der Waals surface area contributed by atoms with E-state index in [1.807, 2.05) is 0 Å². The monoisotopic (exact) mass is 576 g/mol. The van der Waals surface area contributed by atoms with E-state index in [2.05, 4.69) is 4.98 Å². The molecule has 2 heterocycles. The minimum absolute atomic E-state index is 0.00528. The van der Waals surface area contributed by atoms with E-state index in [1.165, 1.54) is 38.1 Å². The molecule has 210 valence electrons. The van der Waals surface area contributed by atoms with Crippen LogP contribution >= 0.6 is 11.6 Å². The van der Waals surface area contributed by atoms with Crippen molar-refractivity contribution >= 4 is 34.4 Å². The largest absolute Gasteiger partial charge is 0.471 e. The Hall–Kier alpha value is -4.20. The van der Waals surface area contributed by atoms with Crippen molar-refractivity contribution in [2.45, 2.75) is 39.0 Å². The first kappa shape index (κ1) is 28.8. The highest BCUT2D eigenvalue weighted by Gasteiger charge is 2.31. The first-order valence-electron chi connectivity index (χ1n) is 11.8. The highest BCUT2D eigenvalue weighted by atomic mass is 35.5. The van der Waals surface area contributed by atoms with Crippen LogP contribution in [0.4, 0.5) is 8.78 Å². The van der Waals surface area contributed by atoms with Gasteiger partial charge in [-0.15, -0.1) is 0 Å². The lowest BCUT2D eigenvalue weighted by atomic mass is 10.1. The van der Waals surface area contributed by atoms with Crippen molar-refractivity contribution < 1.29 is 33.3 Å². The molecular formula is C26H23ClF2N4O7. The van der Waals surface area contributed by atoms with Crippen molar-refractivity contribution in [3.05, 3.63) is 91.3 Å². The fourth-order valence-corrected chi connectivity index (χ4v) is 4.12. The van der Waals surface area contributed by atoms with Gasteiger partial charge in [-0.2, -0.15) is 0 Å². The third-order valence-corrected chi connectivity index (χ3v) is 6.21. The zero-order chi connectivity index (χ0) is 29.4. The molecule has 0 saturated carbocycles. The molecule has 4 rings (SSSR count). The number of rotatable bonds is 8. The maximum Gasteiger partial charge on any atom is 0.342 e. The lowest BCUT2D eigenvalue weighted by molar-refractivity contribution is 0.0392. The minimum Gasteiger partial charge on any atom is -0.471 e. The van der Waals surface area contributed by atoms with E-state index < -0.39 is 51.9 Å². The second-order valence-corrected chi connectivity index (χ2v) is 9.71. The zero-order valence-corrected chi connectivity index (χ0v) is 22.0. The van der Waals surface area contributed by atoms with Crippen LogP contribution in [0, 0.1) is 11.6 Å². The van der Waals surface area contributed by atoms with Crippen LogP contribution in [0.2, 0.25) is 5.02 Å². The molecule has 0 amide bonds. The van der Waals surface area contributed by atoms with Crippen molar-refractivity contribution in [3.8, 4) is 5.88 Å². The Labute approximate surface area is 229 Å². The van der Waals surface area contributed by atoms with Crippen LogP contribution < -0.4 is 16.0 Å². The van der Waals surface area contributed by atoms with E-state index >= 15 is 0 Å². The molecule has 14 heteroatoms. The van der Waals surface area contributed by atoms with Gasteiger partial charge < -0.3 is 14.9 Å². The lowest BCUT2D eigenvalue weighted by Crippen LogP contribution is -2.42. The summed E-state index contributed by atoms with van der Waals surface area (Å²) >= 11 is 6.14. The Morgan fingerprint density at radius 2 is 1.80 bits per heavy atom. The number of halogens is 3. The van der Waals surface area contributed by atoms with E-state index in [0.29, 0.717) is 16.2 Å². The lowest BCUT2D eigenvalue weighted by Gasteiger charge is -2.15. The van der Waals surface area contributed by atoms with Gasteiger partial charge in [-0.25, -0.2) is 27.7 Å². The molecule has 2 N–H and O–H groups in total. The van der Waals surface area contributed by atoms with Gasteiger partial charge in [-0.1, -0.05) is 17.7 Å². The summed E-state index contributed by atoms with van der Waals surface area (Å²) < 4.78 is 34.8. The summed E-state index contributed by atoms with van der Waals surface area (Å²) in [5, 5.41) is 19.0. The predicted octanol–water partition coefficient (Wildman–Crippen LogP) is 2.35. The number of nitrogens with zero attached hydrogens (tertiary/aromatic N) is 4. The van der Waals surface area contributed by atoms with Crippen LogP contribution in [0.15, 0.2) is 52.3 Å². The number of fused-ring (bicyclic) bond motifs is 1. The van der Waals surface area contributed by atoms with Gasteiger partial charge in [0.15, 0.2) is 5.02 Å². The maximum absolute atomic E-state index is 13.9. The average Bonchev–Trinajstić information content (AvgIpc) is 3.17. The molecule has 0 spiro atoms. The maximum atomic E-state index is 13.9. The molecule has 0 saturated heterocycles. The average molecular weight is 577 g/mol. The standard InChI is InChI=1S/C26H23ClF2N4O7/c1-26(2,39)24(37)33-19-9-14(3-6-18(19)32(25(33)38)20(35)7-8-34)11-31-13-30-22(21(27)23(31)36)40-12-15-4-5-16(28)10-17(15)29/h3-6,9-10,13,34,39H,7-8,11-12H2,1-2H3. The molecule has 0 aliphatic carbocycles. The molecule has 0 unspecified atom stereocenters. The summed E-state index contributed by atoms with van der Waals surface area (Å²) in [5.74, 6) is -3.61. The topological polar surface area (TPSA) is 146 Å². The van der Waals surface area contributed by atoms with E-state index in [4.69, 9.17) is 21.4 Å². The van der Waals surface area contributed by atoms with E-state index in [0.717, 1.165) is 21.5 Å². The summed E-state index contributed by atoms with van der Waals surface area (Å²) in [6, 6.07) is 7.22. The summed E-state index contributed by atoms with van der Waals surface area (Å²) in [6.45, 7) is 1.36. The number of hydrogen-bond acceptors (Lipinski definition) is 8. The second kappa shape index (κ2) is 11.1. The van der Waals surface area contributed by atoms with E-state index in [-0.39, 0.29) is 42.0 Å². The molecule has 0 aliphatic rings. The van der Waals surface area contributed by atoms with Crippen LogP contribution in [0.1, 0.15) is 41.0 Å². The Morgan fingerprint density at radius 1 is 1.07 bits per heavy atom. The molecule has 11 nitrogen and oxygen atoms in total. The highest BCUT2D eigenvalue weighted by Crippen LogP contribution is 2.21. The number of benzene rings is 2. The fourth-order valence-electron chi connectivity index (χ4n) is 3.90. The predicted molar refractivity (Wildman–Crippen MR) is 139 cm³/mol. The molecule has 0 bridgehead atoms. The number of aliphatic hydroxyl groups is 2. The molecular weight excluding hydrogens is 554 g/mol. The SMILES string of the molecule is CC(C)(O)C(=O)n1c(=O)n(C(=O)CCO)c2ccc(Cn3cnc(OCc4ccc(F)cc4F)c(Cl)c3=O)cc21. The Kier molecular flexibility index (Phi) is 8.00. The number of imidazole rings is 1. The zero-order valence-electron chi connectivity index (χ0n) is 21.2. The number of aliphatic hydroxyl groups excluding tert-OH is 1. The van der Waals surface area contributed by atoms with Crippen molar-refractivity contribution in [2.24, 2.45) is 0 Å². The third-order valence-electron chi connectivity index (χ3n) is 5.89. The van der Waals surface area contributed by atoms with Crippen LogP contribution in [0.5, 0.6) is 5.88 Å². The molecule has 4 aromatic rings. The van der Waals surface area contributed by atoms with Gasteiger partial charge in [0.2, 0.25) is 11.8 Å². The Balaban J connectivity index is 1.69. The molecule has 40 heavy (non-hydrogen) atoms. The van der Waals surface area contributed by atoms with E-state index in [9.17, 15) is 33.1 Å². The first-order chi connectivity index (χ1) is 18.8. The number of carbonyl (C=O) groups is 2. The first-order valence-corrected chi connectivity index (χ1v) is 12.2. The van der Waals surface area contributed by atoms with Gasteiger partial charge >= 0.3 is 5.69 Å². The van der Waals surface area contributed by atoms with Gasteiger partial charge in [0.1, 0.15) is 30.2 Å². The normalized spacial score (nSPS) is 11.7. The quantitative estimate of drug-likeness (QED) is 0.325. The summed E-state index contributed by atoms with van der Waals surface area (Å²) in [7, 11) is 0. The third kappa shape index (κ3) is 5.57. The van der Waals surface area contributed by atoms with Gasteiger partial charge in [0.25, 0.3) is 11.5 Å². The minimum atomic E-state index is -1.96. The van der Waals surface area contributed by atoms with Gasteiger partial charge in [0.05, 0.1) is 30.6 Å². The Morgan fingerprint density at radius 3 is 2.45 bits per heavy atom. The van der Waals surface area contributed by atoms with Crippen molar-refractivity contribution in [2.75, 3.05) is 6.61 Å². The van der Waals surface area contributed by atoms with Crippen molar-refractivity contribution in [1.29, 1.82) is 0 Å². The van der Waals surface area contributed by atoms with Crippen LogP contribution in [0.25, 0.3) is 11.0 Å². The summed E-state index contributed by atoms with van der Waals surface area (Å²) in [5.41, 5.74) is -3.21. The van der Waals surface area contributed by atoms with Gasteiger partial charge in [0, 0.05) is 11.6 Å². The van der Waals surface area contributed by atoms with Crippen LogP contribution in [-0.4, -0.2) is 52.9 Å². The highest BCUT2D eigenvalue weighted by molar-refractivity contribution is 6.31. The smallest absolute Gasteiger partial charge is 0.342 e. The molecule has 0 radical (unpaired) electrons. The molecule has 0 atom stereocenters. The number of carbonyl (C=O) groups excluding carboxylic acids is 2. The fraction of sp³-hybridized carbons (Fsp3) is 0.269. The summed E-state index contributed by atoms with van der Waals surface area (Å²) in [6.07, 6.45) is 0.749. The number of ether oxygens (including phenoxy) is 1. The van der Waals surface area contributed by atoms with Crippen molar-refractivity contribution in [1.82, 2.24) is 18.7 Å². The van der Waals surface area contributed by atoms with Gasteiger partial charge in [-0.3, -0.25) is 19.0 Å². The van der Waals surface area contributed by atoms with Crippen LogP contribution in [0.3, 0.4) is 0 Å². The molecule has 2 aromatic carbocycles. The van der Waals surface area contributed by atoms with Crippen LogP contribution in [-0.2, 0) is 13.2 Å². The summed E-state index contributed by atoms with van der Waals surface area (Å²) in [4.78, 5) is 55.4. The second-order valence-electron chi connectivity index (χ2n) is 9.33. The van der Waals surface area contributed by atoms with Gasteiger partial charge in [-0.05, 0) is 43.7 Å². The molecule has 0 aliphatic heterocycles. The van der Waals surface area contributed by atoms with Crippen molar-refractivity contribution in [3.63, 3.8) is 0 Å². The Bertz CT molecular complexity index is 1760.